The van der Waals surface area contributed by atoms with E-state index in [-0.39, 0.29) is 5.92 Å². The lowest BCUT2D eigenvalue weighted by Crippen LogP contribution is -2.11. The van der Waals surface area contributed by atoms with Crippen molar-refractivity contribution in [3.63, 3.8) is 0 Å². The van der Waals surface area contributed by atoms with E-state index >= 15 is 0 Å². The Hall–Kier alpha value is -6.04. The fourth-order valence-corrected chi connectivity index (χ4v) is 8.69. The fourth-order valence-electron chi connectivity index (χ4n) is 7.37. The Morgan fingerprint density at radius 2 is 1.18 bits per heavy atom. The van der Waals surface area contributed by atoms with Crippen molar-refractivity contribution in [1.82, 2.24) is 15.0 Å². The Kier molecular flexibility index (Phi) is 6.84. The predicted molar refractivity (Wildman–Crippen MR) is 205 cm³/mol. The van der Waals surface area contributed by atoms with Gasteiger partial charge in [0.25, 0.3) is 0 Å². The highest BCUT2D eigenvalue weighted by Crippen LogP contribution is 2.49. The fraction of sp³-hybridized carbons (Fsp3) is 0.0444. The third kappa shape index (κ3) is 4.81. The van der Waals surface area contributed by atoms with Gasteiger partial charge in [-0.15, -0.1) is 11.8 Å². The first-order valence-electron chi connectivity index (χ1n) is 16.9. The zero-order valence-corrected chi connectivity index (χ0v) is 27.7. The Morgan fingerprint density at radius 3 is 2.04 bits per heavy atom. The Labute approximate surface area is 293 Å². The van der Waals surface area contributed by atoms with Crippen LogP contribution in [0.4, 0.5) is 0 Å². The molecule has 0 N–H and O–H groups in total. The zero-order valence-electron chi connectivity index (χ0n) is 26.9. The van der Waals surface area contributed by atoms with Crippen LogP contribution in [-0.4, -0.2) is 20.2 Å². The average Bonchev–Trinajstić information content (AvgIpc) is 3.77. The number of rotatable bonds is 5. The number of thioether (sulfide) groups is 1. The lowest BCUT2D eigenvalue weighted by molar-refractivity contribution is 0.670. The second-order valence-corrected chi connectivity index (χ2v) is 13.9. The summed E-state index contributed by atoms with van der Waals surface area (Å²) in [5.41, 5.74) is 10.3. The Bertz CT molecular complexity index is 2640. The monoisotopic (exact) mass is 659 g/mol. The van der Waals surface area contributed by atoms with Gasteiger partial charge < -0.3 is 4.42 Å². The first-order chi connectivity index (χ1) is 24.8. The highest BCUT2D eigenvalue weighted by molar-refractivity contribution is 8.00. The number of fused-ring (bicyclic) bond motifs is 6. The lowest BCUT2D eigenvalue weighted by Gasteiger charge is -2.19. The summed E-state index contributed by atoms with van der Waals surface area (Å²) >= 11 is 1.93. The highest BCUT2D eigenvalue weighted by atomic mass is 32.2. The van der Waals surface area contributed by atoms with Gasteiger partial charge >= 0.3 is 0 Å². The third-order valence-corrected chi connectivity index (χ3v) is 11.1. The van der Waals surface area contributed by atoms with E-state index in [1.165, 1.54) is 10.5 Å². The molecule has 4 nitrogen and oxygen atoms in total. The number of benzene rings is 6. The van der Waals surface area contributed by atoms with Crippen LogP contribution in [0, 0.1) is 0 Å². The van der Waals surface area contributed by atoms with Crippen LogP contribution in [0.2, 0.25) is 0 Å². The summed E-state index contributed by atoms with van der Waals surface area (Å²) in [7, 11) is 0. The summed E-state index contributed by atoms with van der Waals surface area (Å²) in [6.45, 7) is 0. The van der Waals surface area contributed by atoms with Crippen LogP contribution in [0.3, 0.4) is 0 Å². The number of allylic oxidation sites excluding steroid dienone is 3. The quantitative estimate of drug-likeness (QED) is 0.184. The van der Waals surface area contributed by atoms with Gasteiger partial charge in [0.15, 0.2) is 17.5 Å². The molecule has 2 aromatic heterocycles. The van der Waals surface area contributed by atoms with E-state index < -0.39 is 0 Å². The maximum absolute atomic E-state index is 6.62. The number of hydrogen-bond donors (Lipinski definition) is 0. The molecule has 236 valence electrons. The van der Waals surface area contributed by atoms with Crippen molar-refractivity contribution in [2.45, 2.75) is 16.1 Å². The maximum Gasteiger partial charge on any atom is 0.164 e. The van der Waals surface area contributed by atoms with Gasteiger partial charge in [-0.1, -0.05) is 152 Å². The van der Waals surface area contributed by atoms with Crippen molar-refractivity contribution in [3.05, 3.63) is 175 Å². The standard InChI is InChI=1S/C45H29N3OS/c1-3-13-28(14-4-1)31-20-11-22-36-41-34(21-12-23-38(41)49-42(31)36)32-17-7-8-19-35(32)45-47-43(29-15-5-2-6-16-29)46-44(48-45)30-25-26-40-37(27-30)33-18-9-10-24-39(33)50-40/h1-27,37,40H. The largest absolute Gasteiger partial charge is 0.455 e. The van der Waals surface area contributed by atoms with E-state index in [2.05, 4.69) is 140 Å². The number of hydrogen-bond acceptors (Lipinski definition) is 5. The van der Waals surface area contributed by atoms with E-state index in [0.29, 0.717) is 22.7 Å². The molecular formula is C45H29N3OS. The van der Waals surface area contributed by atoms with Crippen molar-refractivity contribution in [2.24, 2.45) is 0 Å². The SMILES string of the molecule is C1=CC2Sc3ccccc3C2C=C1c1nc(-c2ccccc2)nc(-c2ccccc2-c2cccc3oc4c(-c5ccccc5)cccc4c23)n1. The van der Waals surface area contributed by atoms with Crippen LogP contribution in [0.5, 0.6) is 0 Å². The summed E-state index contributed by atoms with van der Waals surface area (Å²) in [4.78, 5) is 16.8. The van der Waals surface area contributed by atoms with Crippen LogP contribution in [0.15, 0.2) is 173 Å². The number of furan rings is 1. The summed E-state index contributed by atoms with van der Waals surface area (Å²) in [5, 5.41) is 2.53. The highest BCUT2D eigenvalue weighted by Gasteiger charge is 2.33. The summed E-state index contributed by atoms with van der Waals surface area (Å²) in [6, 6.07) is 50.4. The Morgan fingerprint density at radius 1 is 0.520 bits per heavy atom. The third-order valence-electron chi connectivity index (χ3n) is 9.71. The van der Waals surface area contributed by atoms with Crippen molar-refractivity contribution in [3.8, 4) is 45.0 Å². The van der Waals surface area contributed by atoms with E-state index in [9.17, 15) is 0 Å². The van der Waals surface area contributed by atoms with Crippen LogP contribution >= 0.6 is 11.8 Å². The molecule has 1 aliphatic heterocycles. The maximum atomic E-state index is 6.62. The first kappa shape index (κ1) is 28.9. The average molecular weight is 660 g/mol. The molecule has 6 aromatic carbocycles. The van der Waals surface area contributed by atoms with E-state index in [0.717, 1.165) is 60.9 Å². The molecule has 50 heavy (non-hydrogen) atoms. The normalized spacial score (nSPS) is 16.4. The van der Waals surface area contributed by atoms with Gasteiger partial charge in [0.05, 0.1) is 0 Å². The van der Waals surface area contributed by atoms with Crippen molar-refractivity contribution < 1.29 is 4.42 Å². The number of nitrogens with zero attached hydrogens (tertiary/aromatic N) is 3. The van der Waals surface area contributed by atoms with Gasteiger partial charge in [-0.05, 0) is 34.4 Å². The van der Waals surface area contributed by atoms with E-state index in [1.807, 2.05) is 36.0 Å². The predicted octanol–water partition coefficient (Wildman–Crippen LogP) is 11.7. The summed E-state index contributed by atoms with van der Waals surface area (Å²) < 4.78 is 6.62. The second kappa shape index (κ2) is 11.8. The zero-order chi connectivity index (χ0) is 33.0. The van der Waals surface area contributed by atoms with E-state index in [4.69, 9.17) is 19.4 Å². The summed E-state index contributed by atoms with van der Waals surface area (Å²) in [6.07, 6.45) is 6.83. The minimum absolute atomic E-state index is 0.275. The van der Waals surface area contributed by atoms with Gasteiger partial charge in [0.1, 0.15) is 11.2 Å². The molecule has 0 amide bonds. The smallest absolute Gasteiger partial charge is 0.164 e. The van der Waals surface area contributed by atoms with Crippen LogP contribution in [0.1, 0.15) is 17.3 Å². The molecule has 2 aliphatic rings. The van der Waals surface area contributed by atoms with Crippen molar-refractivity contribution in [2.75, 3.05) is 0 Å². The van der Waals surface area contributed by atoms with Gasteiger partial charge in [0, 0.05) is 49.1 Å². The number of aromatic nitrogens is 3. The molecule has 0 radical (unpaired) electrons. The molecule has 2 atom stereocenters. The summed E-state index contributed by atoms with van der Waals surface area (Å²) in [5.74, 6) is 2.23. The van der Waals surface area contributed by atoms with Crippen molar-refractivity contribution >= 4 is 39.3 Å². The molecule has 8 aromatic rings. The lowest BCUT2D eigenvalue weighted by atomic mass is 9.89. The van der Waals surface area contributed by atoms with Crippen LogP contribution in [0.25, 0.3) is 72.5 Å². The molecule has 0 saturated heterocycles. The minimum atomic E-state index is 0.275. The molecule has 3 heterocycles. The van der Waals surface area contributed by atoms with Crippen molar-refractivity contribution in [1.29, 1.82) is 0 Å². The van der Waals surface area contributed by atoms with Gasteiger partial charge in [0.2, 0.25) is 0 Å². The number of para-hydroxylation sites is 1. The molecular weight excluding hydrogens is 631 g/mol. The second-order valence-electron chi connectivity index (χ2n) is 12.7. The molecule has 0 spiro atoms. The molecule has 0 fully saturated rings. The molecule has 2 unspecified atom stereocenters. The van der Waals surface area contributed by atoms with Gasteiger partial charge in [-0.25, -0.2) is 15.0 Å². The minimum Gasteiger partial charge on any atom is -0.455 e. The molecule has 1 aliphatic carbocycles. The molecule has 0 bridgehead atoms. The topological polar surface area (TPSA) is 51.8 Å². The molecule has 0 saturated carbocycles. The Balaban J connectivity index is 1.16. The van der Waals surface area contributed by atoms with E-state index in [1.54, 1.807) is 0 Å². The van der Waals surface area contributed by atoms with Crippen LogP contribution < -0.4 is 0 Å². The van der Waals surface area contributed by atoms with Crippen LogP contribution in [-0.2, 0) is 0 Å². The van der Waals surface area contributed by atoms with Gasteiger partial charge in [-0.3, -0.25) is 0 Å². The molecule has 5 heteroatoms. The molecule has 10 rings (SSSR count). The first-order valence-corrected chi connectivity index (χ1v) is 17.7. The van der Waals surface area contributed by atoms with Gasteiger partial charge in [-0.2, -0.15) is 0 Å².